The predicted octanol–water partition coefficient (Wildman–Crippen LogP) is 2.08. The maximum absolute atomic E-state index is 12.9. The van der Waals surface area contributed by atoms with E-state index in [0.29, 0.717) is 37.6 Å². The van der Waals surface area contributed by atoms with Gasteiger partial charge < -0.3 is 19.0 Å². The number of carbonyl (C=O) groups excluding carboxylic acids is 2. The second kappa shape index (κ2) is 6.97. The molecule has 24 heavy (non-hydrogen) atoms. The topological polar surface area (TPSA) is 63.0 Å². The molecule has 3 rings (SSSR count). The van der Waals surface area contributed by atoms with Gasteiger partial charge in [0, 0.05) is 33.3 Å². The Morgan fingerprint density at radius 1 is 1.29 bits per heavy atom. The van der Waals surface area contributed by atoms with Crippen molar-refractivity contribution in [2.45, 2.75) is 32.6 Å². The van der Waals surface area contributed by atoms with Crippen molar-refractivity contribution >= 4 is 11.8 Å². The number of furan rings is 1. The molecule has 6 heteroatoms. The number of likely N-dealkylation sites (tertiary alicyclic amines) is 2. The number of carbonyl (C=O) groups is 2. The number of hydrogen-bond acceptors (Lipinski definition) is 4. The summed E-state index contributed by atoms with van der Waals surface area (Å²) in [7, 11) is 1.66. The summed E-state index contributed by atoms with van der Waals surface area (Å²) in [5, 5.41) is 0. The molecular weight excluding hydrogens is 308 g/mol. The molecule has 2 aliphatic heterocycles. The molecule has 1 spiro atoms. The van der Waals surface area contributed by atoms with Gasteiger partial charge in [-0.25, -0.2) is 0 Å². The molecular formula is C18H26N2O4. The second-order valence-electron chi connectivity index (χ2n) is 6.85. The van der Waals surface area contributed by atoms with Gasteiger partial charge >= 0.3 is 0 Å². The summed E-state index contributed by atoms with van der Waals surface area (Å²) in [6.07, 6.45) is 5.01. The van der Waals surface area contributed by atoms with Gasteiger partial charge in [-0.15, -0.1) is 0 Å². The second-order valence-corrected chi connectivity index (χ2v) is 6.85. The third-order valence-corrected chi connectivity index (χ3v) is 5.49. The monoisotopic (exact) mass is 334 g/mol. The van der Waals surface area contributed by atoms with E-state index < -0.39 is 0 Å². The minimum atomic E-state index is -0.284. The highest BCUT2D eigenvalue weighted by atomic mass is 16.5. The molecule has 6 nitrogen and oxygen atoms in total. The third-order valence-electron chi connectivity index (χ3n) is 5.49. The Bertz CT molecular complexity index is 602. The number of amides is 2. The molecule has 0 N–H and O–H groups in total. The van der Waals surface area contributed by atoms with Crippen LogP contribution in [0.2, 0.25) is 0 Å². The number of piperidine rings is 2. The van der Waals surface area contributed by atoms with Crippen LogP contribution >= 0.6 is 0 Å². The molecule has 0 aliphatic carbocycles. The minimum absolute atomic E-state index is 0.00981. The van der Waals surface area contributed by atoms with Crippen molar-refractivity contribution in [3.8, 4) is 0 Å². The van der Waals surface area contributed by atoms with Crippen LogP contribution in [-0.4, -0.2) is 61.5 Å². The van der Waals surface area contributed by atoms with Crippen molar-refractivity contribution < 1.29 is 18.7 Å². The van der Waals surface area contributed by atoms with E-state index in [2.05, 4.69) is 0 Å². The molecule has 0 saturated carbocycles. The van der Waals surface area contributed by atoms with E-state index in [4.69, 9.17) is 9.15 Å². The average molecular weight is 334 g/mol. The highest BCUT2D eigenvalue weighted by Gasteiger charge is 2.46. The number of aryl methyl sites for hydroxylation is 1. The smallest absolute Gasteiger partial charge is 0.257 e. The van der Waals surface area contributed by atoms with Crippen molar-refractivity contribution in [3.05, 3.63) is 23.7 Å². The Labute approximate surface area is 142 Å². The van der Waals surface area contributed by atoms with E-state index in [1.54, 1.807) is 26.4 Å². The van der Waals surface area contributed by atoms with Crippen LogP contribution in [0.15, 0.2) is 16.7 Å². The lowest BCUT2D eigenvalue weighted by Gasteiger charge is -2.46. The van der Waals surface area contributed by atoms with E-state index in [-0.39, 0.29) is 17.2 Å². The van der Waals surface area contributed by atoms with E-state index in [1.165, 1.54) is 0 Å². The zero-order chi connectivity index (χ0) is 17.2. The van der Waals surface area contributed by atoms with Crippen LogP contribution in [0.5, 0.6) is 0 Å². The van der Waals surface area contributed by atoms with E-state index in [9.17, 15) is 9.59 Å². The van der Waals surface area contributed by atoms with Crippen molar-refractivity contribution in [2.24, 2.45) is 5.41 Å². The normalized spacial score (nSPS) is 20.7. The maximum atomic E-state index is 12.9. The molecule has 2 saturated heterocycles. The standard InChI is InChI=1S/C18H26N2O4/c1-14-15(4-12-24-14)16(21)19-9-6-18(7-10-19)5-3-8-20(17(18)22)11-13-23-2/h4,12H,3,5-11,13H2,1-2H3. The fraction of sp³-hybridized carbons (Fsp3) is 0.667. The highest BCUT2D eigenvalue weighted by Crippen LogP contribution is 2.41. The lowest BCUT2D eigenvalue weighted by atomic mass is 9.71. The molecule has 0 unspecified atom stereocenters. The lowest BCUT2D eigenvalue weighted by molar-refractivity contribution is -0.150. The van der Waals surface area contributed by atoms with Gasteiger partial charge in [-0.2, -0.15) is 0 Å². The van der Waals surface area contributed by atoms with Crippen molar-refractivity contribution in [1.29, 1.82) is 0 Å². The Balaban J connectivity index is 1.64. The van der Waals surface area contributed by atoms with Crippen LogP contribution in [0.1, 0.15) is 41.8 Å². The van der Waals surface area contributed by atoms with Crippen molar-refractivity contribution in [1.82, 2.24) is 9.80 Å². The molecule has 0 atom stereocenters. The summed E-state index contributed by atoms with van der Waals surface area (Å²) in [6, 6.07) is 1.72. The largest absolute Gasteiger partial charge is 0.469 e. The fourth-order valence-electron chi connectivity index (χ4n) is 3.95. The van der Waals surface area contributed by atoms with Crippen LogP contribution < -0.4 is 0 Å². The number of hydrogen-bond donors (Lipinski definition) is 0. The van der Waals surface area contributed by atoms with Gasteiger partial charge in [0.15, 0.2) is 0 Å². The van der Waals surface area contributed by atoms with Crippen LogP contribution in [0.3, 0.4) is 0 Å². The molecule has 2 fully saturated rings. The zero-order valence-corrected chi connectivity index (χ0v) is 14.5. The van der Waals surface area contributed by atoms with Gasteiger partial charge in [-0.1, -0.05) is 0 Å². The van der Waals surface area contributed by atoms with E-state index in [1.807, 2.05) is 9.80 Å². The first-order valence-electron chi connectivity index (χ1n) is 8.69. The first kappa shape index (κ1) is 17.0. The van der Waals surface area contributed by atoms with Gasteiger partial charge in [-0.3, -0.25) is 9.59 Å². The minimum Gasteiger partial charge on any atom is -0.469 e. The average Bonchev–Trinajstić information content (AvgIpc) is 3.02. The molecule has 0 radical (unpaired) electrons. The van der Waals surface area contributed by atoms with E-state index in [0.717, 1.165) is 32.2 Å². The number of methoxy groups -OCH3 is 1. The van der Waals surface area contributed by atoms with Gasteiger partial charge in [0.25, 0.3) is 5.91 Å². The predicted molar refractivity (Wildman–Crippen MR) is 88.7 cm³/mol. The summed E-state index contributed by atoms with van der Waals surface area (Å²) >= 11 is 0. The fourth-order valence-corrected chi connectivity index (χ4v) is 3.95. The van der Waals surface area contributed by atoms with Crippen LogP contribution in [0.25, 0.3) is 0 Å². The molecule has 2 aliphatic rings. The van der Waals surface area contributed by atoms with Crippen LogP contribution in [-0.2, 0) is 9.53 Å². The molecule has 3 heterocycles. The summed E-state index contributed by atoms with van der Waals surface area (Å²) in [5.41, 5.74) is 0.344. The van der Waals surface area contributed by atoms with Crippen LogP contribution in [0, 0.1) is 12.3 Å². The van der Waals surface area contributed by atoms with Crippen LogP contribution in [0.4, 0.5) is 0 Å². The van der Waals surface area contributed by atoms with Gasteiger partial charge in [0.2, 0.25) is 5.91 Å². The summed E-state index contributed by atoms with van der Waals surface area (Å²) in [4.78, 5) is 29.3. The molecule has 0 bridgehead atoms. The number of nitrogens with zero attached hydrogens (tertiary/aromatic N) is 2. The molecule has 2 amide bonds. The third kappa shape index (κ3) is 3.07. The summed E-state index contributed by atoms with van der Waals surface area (Å²) < 4.78 is 10.3. The lowest BCUT2D eigenvalue weighted by Crippen LogP contribution is -2.54. The Morgan fingerprint density at radius 3 is 2.67 bits per heavy atom. The van der Waals surface area contributed by atoms with Gasteiger partial charge in [0.05, 0.1) is 23.8 Å². The van der Waals surface area contributed by atoms with Crippen molar-refractivity contribution in [3.63, 3.8) is 0 Å². The molecule has 1 aromatic rings. The van der Waals surface area contributed by atoms with Crippen molar-refractivity contribution in [2.75, 3.05) is 39.9 Å². The Morgan fingerprint density at radius 2 is 2.04 bits per heavy atom. The van der Waals surface area contributed by atoms with E-state index >= 15 is 0 Å². The first-order chi connectivity index (χ1) is 11.6. The molecule has 1 aromatic heterocycles. The number of rotatable bonds is 4. The first-order valence-corrected chi connectivity index (χ1v) is 8.69. The Hall–Kier alpha value is -1.82. The van der Waals surface area contributed by atoms with Gasteiger partial charge in [-0.05, 0) is 38.7 Å². The highest BCUT2D eigenvalue weighted by molar-refractivity contribution is 5.95. The maximum Gasteiger partial charge on any atom is 0.257 e. The molecule has 132 valence electrons. The number of ether oxygens (including phenoxy) is 1. The van der Waals surface area contributed by atoms with Gasteiger partial charge in [0.1, 0.15) is 5.76 Å². The molecule has 0 aromatic carbocycles. The SMILES string of the molecule is COCCN1CCCC2(CCN(C(=O)c3ccoc3C)CC2)C1=O. The summed E-state index contributed by atoms with van der Waals surface area (Å²) in [6.45, 7) is 5.12. The quantitative estimate of drug-likeness (QED) is 0.846. The Kier molecular flexibility index (Phi) is 4.94. The zero-order valence-electron chi connectivity index (χ0n) is 14.5. The summed E-state index contributed by atoms with van der Waals surface area (Å²) in [5.74, 6) is 0.910.